The standard InChI is InChI=1S/C19H19ClN4O2/c20-17-16-12-22-18(23(16)11-9-21-17)15-8-4-5-10-24(15)19(25)26-13-14-6-2-1-3-7-14/h1-3,6-7,9,11-12,15H,4-5,8,10,13H2/t15-/m0/s1. The number of hydrogen-bond donors (Lipinski definition) is 0. The fourth-order valence-corrected chi connectivity index (χ4v) is 3.58. The number of nitrogens with zero attached hydrogens (tertiary/aromatic N) is 4. The molecule has 1 fully saturated rings. The topological polar surface area (TPSA) is 59.7 Å². The van der Waals surface area contributed by atoms with Crippen LogP contribution in [0.4, 0.5) is 4.79 Å². The highest BCUT2D eigenvalue weighted by Gasteiger charge is 2.32. The van der Waals surface area contributed by atoms with Gasteiger partial charge in [0.25, 0.3) is 0 Å². The molecule has 0 saturated carbocycles. The van der Waals surface area contributed by atoms with Gasteiger partial charge in [-0.1, -0.05) is 41.9 Å². The molecule has 1 saturated heterocycles. The average molecular weight is 371 g/mol. The normalized spacial score (nSPS) is 17.4. The maximum absolute atomic E-state index is 12.7. The maximum Gasteiger partial charge on any atom is 0.410 e. The minimum atomic E-state index is -0.310. The number of ether oxygens (including phenoxy) is 1. The first kappa shape index (κ1) is 16.8. The summed E-state index contributed by atoms with van der Waals surface area (Å²) in [5, 5.41) is 0.403. The van der Waals surface area contributed by atoms with Gasteiger partial charge in [-0.25, -0.2) is 14.8 Å². The van der Waals surface area contributed by atoms with Crippen LogP contribution >= 0.6 is 11.6 Å². The lowest BCUT2D eigenvalue weighted by atomic mass is 10.0. The smallest absolute Gasteiger partial charge is 0.410 e. The number of fused-ring (bicyclic) bond motifs is 1. The molecule has 2 aromatic heterocycles. The van der Waals surface area contributed by atoms with Crippen LogP contribution in [-0.4, -0.2) is 31.9 Å². The summed E-state index contributed by atoms with van der Waals surface area (Å²) in [6.45, 7) is 0.924. The molecular formula is C19H19ClN4O2. The van der Waals surface area contributed by atoms with E-state index in [4.69, 9.17) is 16.3 Å². The molecule has 6 nitrogen and oxygen atoms in total. The number of rotatable bonds is 3. The molecule has 1 aliphatic rings. The van der Waals surface area contributed by atoms with Crippen LogP contribution in [0.25, 0.3) is 5.52 Å². The summed E-state index contributed by atoms with van der Waals surface area (Å²) in [4.78, 5) is 23.1. The van der Waals surface area contributed by atoms with E-state index in [9.17, 15) is 4.79 Å². The predicted molar refractivity (Wildman–Crippen MR) is 97.9 cm³/mol. The van der Waals surface area contributed by atoms with Crippen molar-refractivity contribution >= 4 is 23.2 Å². The highest BCUT2D eigenvalue weighted by Crippen LogP contribution is 2.32. The van der Waals surface area contributed by atoms with E-state index in [-0.39, 0.29) is 18.7 Å². The molecule has 1 aliphatic heterocycles. The first-order valence-corrected chi connectivity index (χ1v) is 9.06. The van der Waals surface area contributed by atoms with Crippen molar-refractivity contribution in [2.75, 3.05) is 6.54 Å². The van der Waals surface area contributed by atoms with Gasteiger partial charge < -0.3 is 4.74 Å². The maximum atomic E-state index is 12.7. The predicted octanol–water partition coefficient (Wildman–Crippen LogP) is 4.25. The van der Waals surface area contributed by atoms with Gasteiger partial charge in [0.15, 0.2) is 5.15 Å². The number of piperidine rings is 1. The molecule has 0 radical (unpaired) electrons. The zero-order chi connectivity index (χ0) is 17.9. The van der Waals surface area contributed by atoms with Gasteiger partial charge in [0.2, 0.25) is 0 Å². The molecule has 1 amide bonds. The van der Waals surface area contributed by atoms with Crippen molar-refractivity contribution in [2.45, 2.75) is 31.9 Å². The number of carbonyl (C=O) groups is 1. The molecule has 134 valence electrons. The Morgan fingerprint density at radius 1 is 1.23 bits per heavy atom. The molecular weight excluding hydrogens is 352 g/mol. The van der Waals surface area contributed by atoms with Crippen LogP contribution < -0.4 is 0 Å². The van der Waals surface area contributed by atoms with Gasteiger partial charge >= 0.3 is 6.09 Å². The van der Waals surface area contributed by atoms with Crippen molar-refractivity contribution in [1.82, 2.24) is 19.3 Å². The molecule has 7 heteroatoms. The average Bonchev–Trinajstić information content (AvgIpc) is 3.12. The van der Waals surface area contributed by atoms with Crippen LogP contribution in [-0.2, 0) is 11.3 Å². The van der Waals surface area contributed by atoms with Crippen molar-refractivity contribution in [3.8, 4) is 0 Å². The van der Waals surface area contributed by atoms with Crippen LogP contribution in [0.3, 0.4) is 0 Å². The van der Waals surface area contributed by atoms with E-state index in [0.29, 0.717) is 11.7 Å². The summed E-state index contributed by atoms with van der Waals surface area (Å²) in [6, 6.07) is 9.56. The number of imidazole rings is 1. The van der Waals surface area contributed by atoms with Crippen molar-refractivity contribution in [3.63, 3.8) is 0 Å². The number of hydrogen-bond acceptors (Lipinski definition) is 4. The minimum Gasteiger partial charge on any atom is -0.445 e. The van der Waals surface area contributed by atoms with Crippen molar-refractivity contribution in [3.05, 3.63) is 65.5 Å². The Hall–Kier alpha value is -2.60. The molecule has 1 atom stereocenters. The van der Waals surface area contributed by atoms with Crippen LogP contribution in [0, 0.1) is 0 Å². The summed E-state index contributed by atoms with van der Waals surface area (Å²) in [5.41, 5.74) is 1.71. The van der Waals surface area contributed by atoms with E-state index in [2.05, 4.69) is 9.97 Å². The molecule has 4 rings (SSSR count). The van der Waals surface area contributed by atoms with Crippen LogP contribution in [0.5, 0.6) is 0 Å². The largest absolute Gasteiger partial charge is 0.445 e. The highest BCUT2D eigenvalue weighted by atomic mass is 35.5. The van der Waals surface area contributed by atoms with E-state index >= 15 is 0 Å². The molecule has 0 spiro atoms. The number of likely N-dealkylation sites (tertiary alicyclic amines) is 1. The van der Waals surface area contributed by atoms with Gasteiger partial charge in [-0.15, -0.1) is 0 Å². The third-order valence-electron chi connectivity index (χ3n) is 4.68. The van der Waals surface area contributed by atoms with E-state index in [1.165, 1.54) is 0 Å². The summed E-state index contributed by atoms with van der Waals surface area (Å²) in [6.07, 6.45) is 7.71. The minimum absolute atomic E-state index is 0.131. The Kier molecular flexibility index (Phi) is 4.75. The zero-order valence-corrected chi connectivity index (χ0v) is 15.0. The SMILES string of the molecule is O=C(OCc1ccccc1)N1CCCC[C@H]1c1ncc2c(Cl)nccn12. The first-order valence-electron chi connectivity index (χ1n) is 8.69. The van der Waals surface area contributed by atoms with Gasteiger partial charge in [0, 0.05) is 18.9 Å². The summed E-state index contributed by atoms with van der Waals surface area (Å²) < 4.78 is 7.45. The van der Waals surface area contributed by atoms with Gasteiger partial charge in [-0.2, -0.15) is 0 Å². The van der Waals surface area contributed by atoms with Gasteiger partial charge in [0.05, 0.1) is 12.2 Å². The molecule has 1 aromatic carbocycles. The Morgan fingerprint density at radius 2 is 2.08 bits per heavy atom. The fraction of sp³-hybridized carbons (Fsp3) is 0.316. The Bertz CT molecular complexity index is 912. The lowest BCUT2D eigenvalue weighted by Gasteiger charge is -2.34. The van der Waals surface area contributed by atoms with E-state index in [1.54, 1.807) is 17.3 Å². The van der Waals surface area contributed by atoms with Gasteiger partial charge in [-0.3, -0.25) is 9.30 Å². The molecule has 0 bridgehead atoms. The van der Waals surface area contributed by atoms with Crippen molar-refractivity contribution in [1.29, 1.82) is 0 Å². The fourth-order valence-electron chi connectivity index (χ4n) is 3.38. The second kappa shape index (κ2) is 7.33. The third kappa shape index (κ3) is 3.24. The second-order valence-corrected chi connectivity index (χ2v) is 6.69. The quantitative estimate of drug-likeness (QED) is 0.691. The third-order valence-corrected chi connectivity index (χ3v) is 4.97. The van der Waals surface area contributed by atoms with Crippen LogP contribution in [0.2, 0.25) is 5.15 Å². The second-order valence-electron chi connectivity index (χ2n) is 6.33. The molecule has 0 aliphatic carbocycles. The Labute approximate surface area is 156 Å². The van der Waals surface area contributed by atoms with E-state index < -0.39 is 0 Å². The number of benzene rings is 1. The molecule has 26 heavy (non-hydrogen) atoms. The van der Waals surface area contributed by atoms with Crippen molar-refractivity contribution < 1.29 is 9.53 Å². The zero-order valence-electron chi connectivity index (χ0n) is 14.2. The van der Waals surface area contributed by atoms with Crippen LogP contribution in [0.1, 0.15) is 36.7 Å². The van der Waals surface area contributed by atoms with Crippen molar-refractivity contribution in [2.24, 2.45) is 0 Å². The lowest BCUT2D eigenvalue weighted by molar-refractivity contribution is 0.0657. The summed E-state index contributed by atoms with van der Waals surface area (Å²) >= 11 is 6.15. The first-order chi connectivity index (χ1) is 12.7. The van der Waals surface area contributed by atoms with Gasteiger partial charge in [0.1, 0.15) is 17.9 Å². The number of halogens is 1. The number of carbonyl (C=O) groups excluding carboxylic acids is 1. The molecule has 3 aromatic rings. The Morgan fingerprint density at radius 3 is 2.92 bits per heavy atom. The lowest BCUT2D eigenvalue weighted by Crippen LogP contribution is -2.39. The highest BCUT2D eigenvalue weighted by molar-refractivity contribution is 6.32. The summed E-state index contributed by atoms with van der Waals surface area (Å²) in [5.74, 6) is 0.792. The van der Waals surface area contributed by atoms with Gasteiger partial charge in [-0.05, 0) is 24.8 Å². The van der Waals surface area contributed by atoms with E-state index in [0.717, 1.165) is 36.2 Å². The monoisotopic (exact) mass is 370 g/mol. The Balaban J connectivity index is 1.56. The molecule has 0 N–H and O–H groups in total. The van der Waals surface area contributed by atoms with Crippen LogP contribution in [0.15, 0.2) is 48.9 Å². The van der Waals surface area contributed by atoms with E-state index in [1.807, 2.05) is 40.9 Å². The molecule has 0 unspecified atom stereocenters. The number of aromatic nitrogens is 3. The molecule has 3 heterocycles. The number of amides is 1. The summed E-state index contributed by atoms with van der Waals surface area (Å²) in [7, 11) is 0.